The summed E-state index contributed by atoms with van der Waals surface area (Å²) in [5.74, 6) is 0.517. The summed E-state index contributed by atoms with van der Waals surface area (Å²) in [6.45, 7) is 4.58. The van der Waals surface area contributed by atoms with Crippen molar-refractivity contribution in [2.45, 2.75) is 58.0 Å². The standard InChI is InChI=1S/C14H23N3O2S/c1-3-4-11-12(20-17-16-11)13(18)15-9-14(19)7-5-10(2)6-8-14/h10,19H,3-9H2,1-2H3,(H,15,18). The van der Waals surface area contributed by atoms with Crippen molar-refractivity contribution < 1.29 is 9.90 Å². The van der Waals surface area contributed by atoms with Gasteiger partial charge in [-0.2, -0.15) is 0 Å². The van der Waals surface area contributed by atoms with E-state index in [4.69, 9.17) is 0 Å². The van der Waals surface area contributed by atoms with Gasteiger partial charge in [-0.1, -0.05) is 24.8 Å². The lowest BCUT2D eigenvalue weighted by molar-refractivity contribution is -0.00537. The summed E-state index contributed by atoms with van der Waals surface area (Å²) in [4.78, 5) is 12.7. The summed E-state index contributed by atoms with van der Waals surface area (Å²) in [5.41, 5.74) is 0.0184. The molecule has 1 fully saturated rings. The van der Waals surface area contributed by atoms with Crippen LogP contribution < -0.4 is 5.32 Å². The van der Waals surface area contributed by atoms with Crippen LogP contribution >= 0.6 is 11.5 Å². The number of carbonyl (C=O) groups excluding carboxylic acids is 1. The number of aromatic nitrogens is 2. The van der Waals surface area contributed by atoms with Gasteiger partial charge in [0.15, 0.2) is 0 Å². The first-order valence-electron chi connectivity index (χ1n) is 7.36. The Morgan fingerprint density at radius 3 is 2.85 bits per heavy atom. The number of aliphatic hydroxyl groups is 1. The average Bonchev–Trinajstić information content (AvgIpc) is 2.89. The highest BCUT2D eigenvalue weighted by Crippen LogP contribution is 2.31. The van der Waals surface area contributed by atoms with Crippen LogP contribution in [0.5, 0.6) is 0 Å². The molecule has 1 aliphatic carbocycles. The average molecular weight is 297 g/mol. The highest BCUT2D eigenvalue weighted by Gasteiger charge is 2.32. The van der Waals surface area contributed by atoms with E-state index in [9.17, 15) is 9.90 Å². The molecule has 0 radical (unpaired) electrons. The lowest BCUT2D eigenvalue weighted by Crippen LogP contribution is -2.45. The molecule has 2 rings (SSSR count). The predicted molar refractivity (Wildman–Crippen MR) is 78.8 cm³/mol. The highest BCUT2D eigenvalue weighted by molar-refractivity contribution is 7.08. The molecule has 0 bridgehead atoms. The van der Waals surface area contributed by atoms with Crippen LogP contribution in [-0.4, -0.2) is 32.7 Å². The highest BCUT2D eigenvalue weighted by atomic mass is 32.1. The van der Waals surface area contributed by atoms with Gasteiger partial charge in [-0.25, -0.2) is 0 Å². The number of hydrogen-bond acceptors (Lipinski definition) is 5. The molecule has 1 heterocycles. The minimum absolute atomic E-state index is 0.157. The molecule has 2 N–H and O–H groups in total. The second-order valence-electron chi connectivity index (χ2n) is 5.89. The lowest BCUT2D eigenvalue weighted by Gasteiger charge is -2.34. The Kier molecular flexibility index (Phi) is 5.10. The number of carbonyl (C=O) groups is 1. The Morgan fingerprint density at radius 1 is 1.50 bits per heavy atom. The van der Waals surface area contributed by atoms with Gasteiger partial charge in [-0.3, -0.25) is 4.79 Å². The molecular weight excluding hydrogens is 274 g/mol. The molecule has 0 aromatic carbocycles. The first-order chi connectivity index (χ1) is 9.54. The van der Waals surface area contributed by atoms with E-state index in [1.165, 1.54) is 0 Å². The Hall–Kier alpha value is -1.01. The molecule has 0 aliphatic heterocycles. The van der Waals surface area contributed by atoms with Gasteiger partial charge < -0.3 is 10.4 Å². The number of rotatable bonds is 5. The molecule has 20 heavy (non-hydrogen) atoms. The molecule has 0 spiro atoms. The van der Waals surface area contributed by atoms with E-state index in [2.05, 4.69) is 21.8 Å². The van der Waals surface area contributed by atoms with Gasteiger partial charge in [-0.15, -0.1) is 5.10 Å². The third-order valence-electron chi connectivity index (χ3n) is 4.03. The van der Waals surface area contributed by atoms with E-state index in [0.717, 1.165) is 55.8 Å². The van der Waals surface area contributed by atoms with Crippen molar-refractivity contribution in [1.29, 1.82) is 0 Å². The predicted octanol–water partition coefficient (Wildman–Crippen LogP) is 2.16. The van der Waals surface area contributed by atoms with Crippen molar-refractivity contribution in [1.82, 2.24) is 14.9 Å². The Labute approximate surface area is 123 Å². The summed E-state index contributed by atoms with van der Waals surface area (Å²) >= 11 is 1.13. The van der Waals surface area contributed by atoms with Crippen LogP contribution in [0.2, 0.25) is 0 Å². The molecule has 1 saturated carbocycles. The second kappa shape index (κ2) is 6.63. The fraction of sp³-hybridized carbons (Fsp3) is 0.786. The summed E-state index contributed by atoms with van der Waals surface area (Å²) in [6.07, 6.45) is 5.27. The maximum absolute atomic E-state index is 12.2. The zero-order chi connectivity index (χ0) is 14.6. The molecular formula is C14H23N3O2S. The number of amides is 1. The van der Waals surface area contributed by atoms with Gasteiger partial charge in [0, 0.05) is 6.54 Å². The van der Waals surface area contributed by atoms with Gasteiger partial charge in [0.25, 0.3) is 5.91 Å². The fourth-order valence-corrected chi connectivity index (χ4v) is 3.21. The van der Waals surface area contributed by atoms with Gasteiger partial charge in [0.2, 0.25) is 0 Å². The van der Waals surface area contributed by atoms with Crippen LogP contribution in [0.15, 0.2) is 0 Å². The smallest absolute Gasteiger partial charge is 0.265 e. The number of nitrogens with zero attached hydrogens (tertiary/aromatic N) is 2. The second-order valence-corrected chi connectivity index (χ2v) is 6.64. The molecule has 112 valence electrons. The van der Waals surface area contributed by atoms with Gasteiger partial charge in [0.05, 0.1) is 11.3 Å². The van der Waals surface area contributed by atoms with Crippen LogP contribution in [0.3, 0.4) is 0 Å². The van der Waals surface area contributed by atoms with Crippen LogP contribution in [-0.2, 0) is 6.42 Å². The Balaban J connectivity index is 1.90. The molecule has 0 saturated heterocycles. The Morgan fingerprint density at radius 2 is 2.20 bits per heavy atom. The molecule has 1 aromatic heterocycles. The molecule has 6 heteroatoms. The molecule has 0 unspecified atom stereocenters. The number of nitrogens with one attached hydrogen (secondary N) is 1. The minimum atomic E-state index is -0.745. The summed E-state index contributed by atoms with van der Waals surface area (Å²) in [5, 5.41) is 17.3. The number of aryl methyl sites for hydroxylation is 1. The van der Waals surface area contributed by atoms with E-state index in [1.54, 1.807) is 0 Å². The van der Waals surface area contributed by atoms with Crippen LogP contribution in [0.1, 0.15) is 61.3 Å². The van der Waals surface area contributed by atoms with Crippen molar-refractivity contribution in [3.63, 3.8) is 0 Å². The first kappa shape index (κ1) is 15.4. The van der Waals surface area contributed by atoms with Crippen molar-refractivity contribution in [2.75, 3.05) is 6.54 Å². The molecule has 0 atom stereocenters. The normalized spacial score (nSPS) is 26.4. The summed E-state index contributed by atoms with van der Waals surface area (Å²) in [6, 6.07) is 0. The van der Waals surface area contributed by atoms with Crippen molar-refractivity contribution >= 4 is 17.4 Å². The summed E-state index contributed by atoms with van der Waals surface area (Å²) in [7, 11) is 0. The largest absolute Gasteiger partial charge is 0.388 e. The third-order valence-corrected chi connectivity index (χ3v) is 4.80. The molecule has 5 nitrogen and oxygen atoms in total. The van der Waals surface area contributed by atoms with E-state index < -0.39 is 5.60 Å². The minimum Gasteiger partial charge on any atom is -0.388 e. The summed E-state index contributed by atoms with van der Waals surface area (Å²) < 4.78 is 3.85. The zero-order valence-corrected chi connectivity index (χ0v) is 13.0. The first-order valence-corrected chi connectivity index (χ1v) is 8.13. The van der Waals surface area contributed by atoms with E-state index in [1.807, 2.05) is 6.92 Å². The third kappa shape index (κ3) is 3.76. The monoisotopic (exact) mass is 297 g/mol. The van der Waals surface area contributed by atoms with Gasteiger partial charge >= 0.3 is 0 Å². The van der Waals surface area contributed by atoms with Crippen LogP contribution in [0.25, 0.3) is 0 Å². The van der Waals surface area contributed by atoms with Crippen LogP contribution in [0.4, 0.5) is 0 Å². The van der Waals surface area contributed by atoms with E-state index in [0.29, 0.717) is 17.3 Å². The molecule has 1 aliphatic rings. The Bertz CT molecular complexity index is 453. The van der Waals surface area contributed by atoms with Gasteiger partial charge in [-0.05, 0) is 49.6 Å². The number of hydrogen-bond donors (Lipinski definition) is 2. The maximum atomic E-state index is 12.2. The lowest BCUT2D eigenvalue weighted by atomic mass is 9.79. The zero-order valence-electron chi connectivity index (χ0n) is 12.2. The van der Waals surface area contributed by atoms with E-state index >= 15 is 0 Å². The van der Waals surface area contributed by atoms with Crippen molar-refractivity contribution in [3.05, 3.63) is 10.6 Å². The topological polar surface area (TPSA) is 75.1 Å². The van der Waals surface area contributed by atoms with E-state index in [-0.39, 0.29) is 5.91 Å². The molecule has 1 aromatic rings. The van der Waals surface area contributed by atoms with Crippen molar-refractivity contribution in [2.24, 2.45) is 5.92 Å². The van der Waals surface area contributed by atoms with Crippen LogP contribution in [0, 0.1) is 5.92 Å². The van der Waals surface area contributed by atoms with Gasteiger partial charge in [0.1, 0.15) is 4.88 Å². The quantitative estimate of drug-likeness (QED) is 0.873. The maximum Gasteiger partial charge on any atom is 0.265 e. The molecule has 1 amide bonds. The van der Waals surface area contributed by atoms with Crippen molar-refractivity contribution in [3.8, 4) is 0 Å². The fourth-order valence-electron chi connectivity index (χ4n) is 2.58. The SMILES string of the molecule is CCCc1nnsc1C(=O)NCC1(O)CCC(C)CC1.